The Labute approximate surface area is 121 Å². The molecule has 0 aliphatic carbocycles. The molecule has 0 heterocycles. The zero-order valence-electron chi connectivity index (χ0n) is 11.3. The molecule has 0 fully saturated rings. The number of carbonyl (C=O) groups excluding carboxylic acids is 2. The third-order valence-electron chi connectivity index (χ3n) is 3.06. The molecule has 4 heteroatoms. The first-order valence-electron chi connectivity index (χ1n) is 6.29. The summed E-state index contributed by atoms with van der Waals surface area (Å²) < 4.78 is 0. The minimum Gasteiger partial charge on any atom is -0.545 e. The molecule has 0 spiro atoms. The minimum atomic E-state index is -1.45. The largest absolute Gasteiger partial charge is 0.545 e. The minimum absolute atomic E-state index is 0.0724. The molecule has 0 radical (unpaired) electrons. The van der Waals surface area contributed by atoms with Gasteiger partial charge in [0.25, 0.3) is 0 Å². The smallest absolute Gasteiger partial charge is 0.0718 e. The first kappa shape index (κ1) is 14.5. The lowest BCUT2D eigenvalue weighted by Gasteiger charge is -2.10. The number of hydrogen-bond acceptors (Lipinski definition) is 4. The predicted octanol–water partition coefficient (Wildman–Crippen LogP) is 0.669. The number of fused-ring (bicyclic) bond motifs is 1. The maximum Gasteiger partial charge on any atom is 0.0718 e. The maximum atomic E-state index is 11.2. The average Bonchev–Trinajstić information content (AvgIpc) is 2.43. The summed E-state index contributed by atoms with van der Waals surface area (Å²) in [5, 5.41) is 23.7. The topological polar surface area (TPSA) is 80.3 Å². The molecular formula is C17H12O4-2. The SMILES string of the molecule is CC(=C\C(=O)[O-])/C(=C/c1ccc2ccccc2c1)C(=O)[O-]. The summed E-state index contributed by atoms with van der Waals surface area (Å²) in [7, 11) is 0. The van der Waals surface area contributed by atoms with E-state index in [9.17, 15) is 19.8 Å². The maximum absolute atomic E-state index is 11.2. The third-order valence-corrected chi connectivity index (χ3v) is 3.06. The molecule has 0 aliphatic heterocycles. The van der Waals surface area contributed by atoms with Gasteiger partial charge in [-0.25, -0.2) is 0 Å². The van der Waals surface area contributed by atoms with Gasteiger partial charge in [-0.15, -0.1) is 0 Å². The standard InChI is InChI=1S/C17H14O4/c1-11(8-16(18)19)15(17(20)21)10-12-6-7-13-4-2-3-5-14(13)9-12/h2-10H,1H3,(H,18,19)(H,20,21)/p-2/b11-8+,15-10-. The fourth-order valence-electron chi connectivity index (χ4n) is 2.05. The summed E-state index contributed by atoms with van der Waals surface area (Å²) in [6.45, 7) is 1.39. The molecule has 0 N–H and O–H groups in total. The summed E-state index contributed by atoms with van der Waals surface area (Å²) in [6, 6.07) is 13.1. The molecule has 21 heavy (non-hydrogen) atoms. The lowest BCUT2D eigenvalue weighted by molar-refractivity contribution is -0.298. The number of carbonyl (C=O) groups is 2. The van der Waals surface area contributed by atoms with Gasteiger partial charge in [-0.3, -0.25) is 0 Å². The highest BCUT2D eigenvalue weighted by Crippen LogP contribution is 2.19. The Hall–Kier alpha value is -2.88. The van der Waals surface area contributed by atoms with E-state index in [4.69, 9.17) is 0 Å². The first-order chi connectivity index (χ1) is 9.97. The molecule has 0 saturated carbocycles. The van der Waals surface area contributed by atoms with Crippen LogP contribution in [0.1, 0.15) is 12.5 Å². The van der Waals surface area contributed by atoms with Crippen molar-refractivity contribution in [3.8, 4) is 0 Å². The van der Waals surface area contributed by atoms with E-state index in [-0.39, 0.29) is 11.1 Å². The summed E-state index contributed by atoms with van der Waals surface area (Å²) in [5.41, 5.74) is 0.539. The van der Waals surface area contributed by atoms with Crippen molar-refractivity contribution in [1.82, 2.24) is 0 Å². The van der Waals surface area contributed by atoms with Crippen LogP contribution in [0.25, 0.3) is 16.8 Å². The number of benzene rings is 2. The second-order valence-corrected chi connectivity index (χ2v) is 4.60. The van der Waals surface area contributed by atoms with Crippen molar-refractivity contribution in [3.05, 3.63) is 65.3 Å². The Morgan fingerprint density at radius 2 is 1.67 bits per heavy atom. The van der Waals surface area contributed by atoms with Crippen LogP contribution in [0.5, 0.6) is 0 Å². The number of carboxylic acid groups (broad SMARTS) is 2. The Morgan fingerprint density at radius 3 is 2.29 bits per heavy atom. The van der Waals surface area contributed by atoms with E-state index in [2.05, 4.69) is 0 Å². The van der Waals surface area contributed by atoms with E-state index in [1.165, 1.54) is 13.0 Å². The van der Waals surface area contributed by atoms with Crippen LogP contribution in [-0.2, 0) is 9.59 Å². The lowest BCUT2D eigenvalue weighted by atomic mass is 10.0. The van der Waals surface area contributed by atoms with Gasteiger partial charge in [-0.1, -0.05) is 36.4 Å². The summed E-state index contributed by atoms with van der Waals surface area (Å²) in [6.07, 6.45) is 2.12. The van der Waals surface area contributed by atoms with Crippen molar-refractivity contribution in [3.63, 3.8) is 0 Å². The van der Waals surface area contributed by atoms with Crippen molar-refractivity contribution in [2.24, 2.45) is 0 Å². The van der Waals surface area contributed by atoms with Gasteiger partial charge in [-0.05, 0) is 47.1 Å². The van der Waals surface area contributed by atoms with E-state index in [1.54, 1.807) is 6.07 Å². The molecule has 2 aromatic carbocycles. The third kappa shape index (κ3) is 3.57. The highest BCUT2D eigenvalue weighted by atomic mass is 16.4. The zero-order valence-corrected chi connectivity index (χ0v) is 11.3. The lowest BCUT2D eigenvalue weighted by Crippen LogP contribution is -2.26. The Balaban J connectivity index is 2.49. The molecule has 0 aliphatic rings. The summed E-state index contributed by atoms with van der Waals surface area (Å²) in [5.74, 6) is -2.88. The number of aliphatic carboxylic acids is 2. The first-order valence-corrected chi connectivity index (χ1v) is 6.29. The molecule has 0 aromatic heterocycles. The van der Waals surface area contributed by atoms with Crippen LogP contribution in [-0.4, -0.2) is 11.9 Å². The van der Waals surface area contributed by atoms with E-state index in [0.29, 0.717) is 5.56 Å². The van der Waals surface area contributed by atoms with E-state index < -0.39 is 11.9 Å². The van der Waals surface area contributed by atoms with Gasteiger partial charge in [0.15, 0.2) is 0 Å². The molecule has 0 amide bonds. The van der Waals surface area contributed by atoms with Crippen molar-refractivity contribution >= 4 is 28.8 Å². The molecule has 4 nitrogen and oxygen atoms in total. The molecular weight excluding hydrogens is 268 g/mol. The predicted molar refractivity (Wildman–Crippen MR) is 75.7 cm³/mol. The highest BCUT2D eigenvalue weighted by molar-refractivity contribution is 5.98. The van der Waals surface area contributed by atoms with Crippen molar-refractivity contribution in [2.45, 2.75) is 6.92 Å². The molecule has 2 rings (SSSR count). The molecule has 0 saturated heterocycles. The van der Waals surface area contributed by atoms with Gasteiger partial charge in [0, 0.05) is 5.57 Å². The average molecular weight is 280 g/mol. The molecule has 2 aromatic rings. The molecule has 0 atom stereocenters. The number of rotatable bonds is 4. The number of carboxylic acids is 2. The second-order valence-electron chi connectivity index (χ2n) is 4.60. The van der Waals surface area contributed by atoms with Gasteiger partial charge in [0.2, 0.25) is 0 Å². The van der Waals surface area contributed by atoms with E-state index in [1.807, 2.05) is 36.4 Å². The Bertz CT molecular complexity index is 769. The number of hydrogen-bond donors (Lipinski definition) is 0. The Kier molecular flexibility index (Phi) is 4.18. The van der Waals surface area contributed by atoms with Crippen LogP contribution in [0.15, 0.2) is 59.7 Å². The van der Waals surface area contributed by atoms with Gasteiger partial charge in [0.05, 0.1) is 11.9 Å². The second kappa shape index (κ2) is 6.05. The summed E-state index contributed by atoms with van der Waals surface area (Å²) >= 11 is 0. The highest BCUT2D eigenvalue weighted by Gasteiger charge is 2.03. The van der Waals surface area contributed by atoms with Crippen LogP contribution in [0, 0.1) is 0 Å². The van der Waals surface area contributed by atoms with Crippen molar-refractivity contribution < 1.29 is 19.8 Å². The van der Waals surface area contributed by atoms with Crippen molar-refractivity contribution in [2.75, 3.05) is 0 Å². The molecule has 0 unspecified atom stereocenters. The normalized spacial score (nSPS) is 12.4. The van der Waals surface area contributed by atoms with Crippen LogP contribution in [0.2, 0.25) is 0 Å². The monoisotopic (exact) mass is 280 g/mol. The quantitative estimate of drug-likeness (QED) is 0.609. The molecule has 106 valence electrons. The van der Waals surface area contributed by atoms with Crippen LogP contribution in [0.4, 0.5) is 0 Å². The fraction of sp³-hybridized carbons (Fsp3) is 0.0588. The van der Waals surface area contributed by atoms with Crippen LogP contribution in [0.3, 0.4) is 0 Å². The fourth-order valence-corrected chi connectivity index (χ4v) is 2.05. The van der Waals surface area contributed by atoms with E-state index in [0.717, 1.165) is 16.8 Å². The van der Waals surface area contributed by atoms with Gasteiger partial charge >= 0.3 is 0 Å². The van der Waals surface area contributed by atoms with Gasteiger partial charge in [0.1, 0.15) is 0 Å². The Morgan fingerprint density at radius 1 is 1.00 bits per heavy atom. The van der Waals surface area contributed by atoms with Gasteiger partial charge < -0.3 is 19.8 Å². The van der Waals surface area contributed by atoms with Gasteiger partial charge in [-0.2, -0.15) is 0 Å². The van der Waals surface area contributed by atoms with E-state index >= 15 is 0 Å². The van der Waals surface area contributed by atoms with Crippen LogP contribution < -0.4 is 10.2 Å². The van der Waals surface area contributed by atoms with Crippen LogP contribution >= 0.6 is 0 Å². The summed E-state index contributed by atoms with van der Waals surface area (Å²) in [4.78, 5) is 21.7. The zero-order chi connectivity index (χ0) is 15.4. The van der Waals surface area contributed by atoms with Crippen molar-refractivity contribution in [1.29, 1.82) is 0 Å². The molecule has 0 bridgehead atoms.